The van der Waals surface area contributed by atoms with Crippen LogP contribution in [0.2, 0.25) is 0 Å². The second kappa shape index (κ2) is 6.04. The van der Waals surface area contributed by atoms with Crippen molar-refractivity contribution in [2.45, 2.75) is 44.9 Å². The predicted molar refractivity (Wildman–Crippen MR) is 77.1 cm³/mol. The monoisotopic (exact) mass is 305 g/mol. The van der Waals surface area contributed by atoms with Crippen LogP contribution in [0.15, 0.2) is 15.3 Å². The third kappa shape index (κ3) is 2.70. The first-order valence-electron chi connectivity index (χ1n) is 7.67. The van der Waals surface area contributed by atoms with Gasteiger partial charge in [0.2, 0.25) is 0 Å². The third-order valence-electron chi connectivity index (χ3n) is 4.53. The van der Waals surface area contributed by atoms with Gasteiger partial charge in [-0.3, -0.25) is 14.4 Å². The molecule has 0 saturated heterocycles. The Bertz CT molecular complexity index is 657. The maximum absolute atomic E-state index is 12.4. The Labute approximate surface area is 128 Å². The number of carbonyl (C=O) groups is 2. The molecule has 0 aromatic carbocycles. The summed E-state index contributed by atoms with van der Waals surface area (Å²) in [6.45, 7) is 0. The number of carbonyl (C=O) groups excluding carboxylic acids is 2. The van der Waals surface area contributed by atoms with Gasteiger partial charge in [0.25, 0.3) is 11.8 Å². The molecule has 1 saturated carbocycles. The van der Waals surface area contributed by atoms with Gasteiger partial charge in [-0.15, -0.1) is 5.06 Å². The van der Waals surface area contributed by atoms with E-state index in [0.29, 0.717) is 23.5 Å². The van der Waals surface area contributed by atoms with E-state index in [1.165, 1.54) is 38.9 Å². The van der Waals surface area contributed by atoms with Gasteiger partial charge in [0.15, 0.2) is 0 Å². The van der Waals surface area contributed by atoms with Crippen molar-refractivity contribution in [3.8, 4) is 0 Å². The molecule has 118 valence electrons. The van der Waals surface area contributed by atoms with E-state index in [9.17, 15) is 14.4 Å². The Hall–Kier alpha value is -1.95. The van der Waals surface area contributed by atoms with Gasteiger partial charge >= 0.3 is 5.63 Å². The highest BCUT2D eigenvalue weighted by Crippen LogP contribution is 2.30. The van der Waals surface area contributed by atoms with Crippen LogP contribution in [0.3, 0.4) is 0 Å². The van der Waals surface area contributed by atoms with E-state index in [1.54, 1.807) is 0 Å². The minimum Gasteiger partial charge on any atom is -0.426 e. The van der Waals surface area contributed by atoms with Crippen LogP contribution in [0, 0.1) is 5.92 Å². The molecule has 3 rings (SSSR count). The lowest BCUT2D eigenvalue weighted by Crippen LogP contribution is -2.42. The Balaban J connectivity index is 1.91. The predicted octanol–water partition coefficient (Wildman–Crippen LogP) is 1.85. The summed E-state index contributed by atoms with van der Waals surface area (Å²) >= 11 is 0. The highest BCUT2D eigenvalue weighted by Gasteiger charge is 2.35. The van der Waals surface area contributed by atoms with E-state index < -0.39 is 17.4 Å². The lowest BCUT2D eigenvalue weighted by atomic mass is 9.93. The molecule has 1 aromatic rings. The van der Waals surface area contributed by atoms with Gasteiger partial charge in [0.1, 0.15) is 5.76 Å². The molecule has 1 fully saturated rings. The van der Waals surface area contributed by atoms with Crippen LogP contribution in [0.1, 0.15) is 53.8 Å². The lowest BCUT2D eigenvalue weighted by molar-refractivity contribution is -0.162. The topological polar surface area (TPSA) is 76.8 Å². The van der Waals surface area contributed by atoms with Crippen molar-refractivity contribution in [3.63, 3.8) is 0 Å². The number of aryl methyl sites for hydroxylation is 1. The van der Waals surface area contributed by atoms with Crippen molar-refractivity contribution in [2.24, 2.45) is 5.92 Å². The Morgan fingerprint density at radius 2 is 2.00 bits per heavy atom. The van der Waals surface area contributed by atoms with Gasteiger partial charge in [0.05, 0.1) is 19.1 Å². The second-order valence-electron chi connectivity index (χ2n) is 5.93. The third-order valence-corrected chi connectivity index (χ3v) is 4.53. The van der Waals surface area contributed by atoms with Crippen molar-refractivity contribution in [3.05, 3.63) is 33.4 Å². The number of hydroxylamine groups is 2. The molecule has 6 heteroatoms. The Morgan fingerprint density at radius 3 is 2.68 bits per heavy atom. The van der Waals surface area contributed by atoms with E-state index in [-0.39, 0.29) is 12.2 Å². The quantitative estimate of drug-likeness (QED) is 0.793. The summed E-state index contributed by atoms with van der Waals surface area (Å²) in [5.74, 6) is -0.242. The first kappa shape index (κ1) is 15.0. The zero-order valence-corrected chi connectivity index (χ0v) is 12.6. The molecule has 2 amide bonds. The molecule has 6 nitrogen and oxygen atoms in total. The number of amides is 2. The fraction of sp³-hybridized carbons (Fsp3) is 0.562. The van der Waals surface area contributed by atoms with Crippen LogP contribution in [0.5, 0.6) is 0 Å². The smallest absolute Gasteiger partial charge is 0.336 e. The molecule has 1 aromatic heterocycles. The Kier molecular flexibility index (Phi) is 4.11. The molecule has 0 atom stereocenters. The molecule has 22 heavy (non-hydrogen) atoms. The molecule has 0 bridgehead atoms. The number of hydrogen-bond acceptors (Lipinski definition) is 5. The molecule has 1 aliphatic heterocycles. The number of nitrogens with zero attached hydrogens (tertiary/aromatic N) is 1. The van der Waals surface area contributed by atoms with Gasteiger partial charge in [-0.25, -0.2) is 4.79 Å². The highest BCUT2D eigenvalue weighted by atomic mass is 16.7. The van der Waals surface area contributed by atoms with E-state index >= 15 is 0 Å². The van der Waals surface area contributed by atoms with Crippen LogP contribution in [0.25, 0.3) is 0 Å². The van der Waals surface area contributed by atoms with Crippen LogP contribution in [-0.4, -0.2) is 24.0 Å². The molecule has 1 aliphatic carbocycles. The van der Waals surface area contributed by atoms with E-state index in [4.69, 9.17) is 9.25 Å². The van der Waals surface area contributed by atoms with Crippen LogP contribution >= 0.6 is 0 Å². The molecular weight excluding hydrogens is 286 g/mol. The van der Waals surface area contributed by atoms with Gasteiger partial charge in [-0.05, 0) is 24.3 Å². The number of rotatable bonds is 4. The number of imide groups is 1. The van der Waals surface area contributed by atoms with Gasteiger partial charge in [-0.1, -0.05) is 25.7 Å². The van der Waals surface area contributed by atoms with Crippen molar-refractivity contribution >= 4 is 11.8 Å². The van der Waals surface area contributed by atoms with Gasteiger partial charge in [0, 0.05) is 6.07 Å². The molecule has 2 aliphatic rings. The van der Waals surface area contributed by atoms with Gasteiger partial charge < -0.3 is 4.42 Å². The van der Waals surface area contributed by atoms with Crippen molar-refractivity contribution in [2.75, 3.05) is 7.11 Å². The van der Waals surface area contributed by atoms with E-state index in [1.807, 2.05) is 0 Å². The Morgan fingerprint density at radius 1 is 1.27 bits per heavy atom. The minimum atomic E-state index is -0.543. The average Bonchev–Trinajstić information content (AvgIpc) is 2.97. The SMILES string of the molecule is CON1C(=O)Cc2oc(=O)cc(CCC3CCCC3)c2C1=O. The first-order valence-corrected chi connectivity index (χ1v) is 7.67. The van der Waals surface area contributed by atoms with Crippen molar-refractivity contribution in [1.29, 1.82) is 0 Å². The molecule has 0 radical (unpaired) electrons. The summed E-state index contributed by atoms with van der Waals surface area (Å²) in [7, 11) is 1.28. The fourth-order valence-electron chi connectivity index (χ4n) is 3.44. The fourth-order valence-corrected chi connectivity index (χ4v) is 3.44. The maximum atomic E-state index is 12.4. The minimum absolute atomic E-state index is 0.124. The number of fused-ring (bicyclic) bond motifs is 1. The molecule has 0 spiro atoms. The van der Waals surface area contributed by atoms with Crippen molar-refractivity contribution < 1.29 is 18.8 Å². The highest BCUT2D eigenvalue weighted by molar-refractivity contribution is 6.08. The van der Waals surface area contributed by atoms with Crippen LogP contribution < -0.4 is 5.63 Å². The summed E-state index contributed by atoms with van der Waals surface area (Å²) in [5.41, 5.74) is 0.475. The summed E-state index contributed by atoms with van der Waals surface area (Å²) in [5, 5.41) is 0.737. The van der Waals surface area contributed by atoms with E-state index in [2.05, 4.69) is 0 Å². The summed E-state index contributed by atoms with van der Waals surface area (Å²) in [6.07, 6.45) is 6.40. The first-order chi connectivity index (χ1) is 10.6. The van der Waals surface area contributed by atoms with Crippen LogP contribution in [0.4, 0.5) is 0 Å². The van der Waals surface area contributed by atoms with Crippen LogP contribution in [-0.2, 0) is 22.5 Å². The average molecular weight is 305 g/mol. The number of hydrogen-bond donors (Lipinski definition) is 0. The standard InChI is InChI=1S/C16H19NO5/c1-21-17-13(18)9-12-15(16(17)20)11(8-14(19)22-12)7-6-10-4-2-3-5-10/h8,10H,2-7,9H2,1H3. The van der Waals surface area contributed by atoms with Crippen molar-refractivity contribution in [1.82, 2.24) is 5.06 Å². The zero-order valence-electron chi connectivity index (χ0n) is 12.6. The normalized spacial score (nSPS) is 18.9. The molecule has 0 N–H and O–H groups in total. The maximum Gasteiger partial charge on any atom is 0.336 e. The summed E-state index contributed by atoms with van der Waals surface area (Å²) in [4.78, 5) is 40.7. The molecule has 0 unspecified atom stereocenters. The second-order valence-corrected chi connectivity index (χ2v) is 5.93. The lowest BCUT2D eigenvalue weighted by Gasteiger charge is -2.24. The molecular formula is C16H19NO5. The zero-order chi connectivity index (χ0) is 15.7. The largest absolute Gasteiger partial charge is 0.426 e. The summed E-state index contributed by atoms with van der Waals surface area (Å²) in [6, 6.07) is 1.37. The van der Waals surface area contributed by atoms with Gasteiger partial charge in [-0.2, -0.15) is 0 Å². The molecule has 2 heterocycles. The van der Waals surface area contributed by atoms with E-state index in [0.717, 1.165) is 11.5 Å². The summed E-state index contributed by atoms with van der Waals surface area (Å²) < 4.78 is 5.07.